The van der Waals surface area contributed by atoms with E-state index in [4.69, 9.17) is 20.8 Å². The van der Waals surface area contributed by atoms with E-state index in [0.717, 1.165) is 11.8 Å². The number of nitrogens with zero attached hydrogens (tertiary/aromatic N) is 3. The lowest BCUT2D eigenvalue weighted by atomic mass is 10.3. The smallest absolute Gasteiger partial charge is 0.277 e. The van der Waals surface area contributed by atoms with Crippen LogP contribution in [0.15, 0.2) is 52.2 Å². The number of hydrogen-bond donors (Lipinski definition) is 1. The lowest BCUT2D eigenvalue weighted by Crippen LogP contribution is -2.22. The number of benzene rings is 1. The Kier molecular flexibility index (Phi) is 6.48. The van der Waals surface area contributed by atoms with Crippen LogP contribution < -0.4 is 10.1 Å². The first-order chi connectivity index (χ1) is 13.4. The van der Waals surface area contributed by atoms with Gasteiger partial charge in [0.15, 0.2) is 6.10 Å². The molecule has 2 heterocycles. The number of ether oxygens (including phenoxy) is 1. The number of carbonyl (C=O) groups excluding carboxylic acids is 1. The summed E-state index contributed by atoms with van der Waals surface area (Å²) >= 11 is 6.88. The summed E-state index contributed by atoms with van der Waals surface area (Å²) in [5, 5.41) is 10.8. The number of hydrogen-bond acceptors (Lipinski definition) is 7. The second kappa shape index (κ2) is 9.03. The van der Waals surface area contributed by atoms with Crippen LogP contribution in [0.4, 0.5) is 10.2 Å². The average molecular weight is 423 g/mol. The van der Waals surface area contributed by atoms with E-state index in [9.17, 15) is 9.18 Å². The summed E-state index contributed by atoms with van der Waals surface area (Å²) in [6.45, 7) is 3.44. The van der Waals surface area contributed by atoms with E-state index in [2.05, 4.69) is 20.5 Å². The van der Waals surface area contributed by atoms with Crippen LogP contribution in [0.25, 0.3) is 0 Å². The van der Waals surface area contributed by atoms with E-state index in [1.165, 1.54) is 30.5 Å². The van der Waals surface area contributed by atoms with Crippen LogP contribution in [0.1, 0.15) is 25.8 Å². The minimum atomic E-state index is -0.533. The summed E-state index contributed by atoms with van der Waals surface area (Å²) in [5.41, 5.74) is 0. The van der Waals surface area contributed by atoms with Crippen LogP contribution in [0, 0.1) is 5.82 Å². The van der Waals surface area contributed by atoms with Crippen molar-refractivity contribution in [2.75, 3.05) is 5.32 Å². The van der Waals surface area contributed by atoms with Crippen LogP contribution in [-0.2, 0) is 4.79 Å². The normalized spacial score (nSPS) is 13.0. The third kappa shape index (κ3) is 5.43. The van der Waals surface area contributed by atoms with Crippen molar-refractivity contribution < 1.29 is 18.3 Å². The maximum absolute atomic E-state index is 13.0. The van der Waals surface area contributed by atoms with Crippen molar-refractivity contribution in [3.05, 3.63) is 59.3 Å². The SMILES string of the molecule is C[C@@H](Sc1nnc([C@@H](C)Oc2ccc(F)cc2)o1)C(=O)Nc1ccc(Cl)cn1. The number of nitrogens with one attached hydrogen (secondary N) is 1. The molecule has 10 heteroatoms. The van der Waals surface area contributed by atoms with Crippen LogP contribution in [-0.4, -0.2) is 26.3 Å². The van der Waals surface area contributed by atoms with Crippen molar-refractivity contribution in [3.63, 3.8) is 0 Å². The predicted molar refractivity (Wildman–Crippen MR) is 103 cm³/mol. The number of carbonyl (C=O) groups is 1. The van der Waals surface area contributed by atoms with Gasteiger partial charge in [-0.25, -0.2) is 9.37 Å². The van der Waals surface area contributed by atoms with Gasteiger partial charge in [0, 0.05) is 6.20 Å². The highest BCUT2D eigenvalue weighted by Crippen LogP contribution is 2.27. The van der Waals surface area contributed by atoms with Gasteiger partial charge in [0.25, 0.3) is 11.1 Å². The zero-order valence-electron chi connectivity index (χ0n) is 14.9. The highest BCUT2D eigenvalue weighted by molar-refractivity contribution is 8.00. The molecular formula is C18H16ClFN4O3S. The summed E-state index contributed by atoms with van der Waals surface area (Å²) in [6, 6.07) is 8.86. The highest BCUT2D eigenvalue weighted by atomic mass is 35.5. The Morgan fingerprint density at radius 1 is 1.21 bits per heavy atom. The standard InChI is InChI=1S/C18H16ClFN4O3S/c1-10(26-14-6-4-13(20)5-7-14)17-23-24-18(27-17)28-11(2)16(25)22-15-8-3-12(19)9-21-15/h3-11H,1-2H3,(H,21,22,25)/t10-,11-/m1/s1. The fraction of sp³-hybridized carbons (Fsp3) is 0.222. The van der Waals surface area contributed by atoms with Gasteiger partial charge in [0.2, 0.25) is 5.91 Å². The lowest BCUT2D eigenvalue weighted by molar-refractivity contribution is -0.115. The molecule has 0 fully saturated rings. The van der Waals surface area contributed by atoms with Crippen LogP contribution in [0.2, 0.25) is 5.02 Å². The van der Waals surface area contributed by atoms with Crippen LogP contribution in [0.5, 0.6) is 5.75 Å². The van der Waals surface area contributed by atoms with Gasteiger partial charge in [0.05, 0.1) is 10.3 Å². The Morgan fingerprint density at radius 2 is 1.96 bits per heavy atom. The number of amides is 1. The minimum Gasteiger partial charge on any atom is -0.481 e. The first-order valence-corrected chi connectivity index (χ1v) is 9.51. The van der Waals surface area contributed by atoms with E-state index in [0.29, 0.717) is 16.6 Å². The molecule has 0 saturated carbocycles. The summed E-state index contributed by atoms with van der Waals surface area (Å²) in [5.74, 6) is 0.505. The molecule has 0 aliphatic rings. The highest BCUT2D eigenvalue weighted by Gasteiger charge is 2.21. The van der Waals surface area contributed by atoms with Crippen molar-refractivity contribution in [3.8, 4) is 5.75 Å². The van der Waals surface area contributed by atoms with Crippen molar-refractivity contribution in [1.82, 2.24) is 15.2 Å². The number of anilines is 1. The van der Waals surface area contributed by atoms with Gasteiger partial charge in [-0.1, -0.05) is 23.4 Å². The second-order valence-electron chi connectivity index (χ2n) is 5.73. The monoisotopic (exact) mass is 422 g/mol. The Balaban J connectivity index is 1.56. The molecule has 146 valence electrons. The number of halogens is 2. The Hall–Kier alpha value is -2.65. The fourth-order valence-electron chi connectivity index (χ4n) is 2.08. The average Bonchev–Trinajstić information content (AvgIpc) is 3.14. The summed E-state index contributed by atoms with van der Waals surface area (Å²) in [7, 11) is 0. The molecule has 0 unspecified atom stereocenters. The van der Waals surface area contributed by atoms with Gasteiger partial charge in [0.1, 0.15) is 17.4 Å². The first-order valence-electron chi connectivity index (χ1n) is 8.25. The van der Waals surface area contributed by atoms with Gasteiger partial charge in [-0.3, -0.25) is 4.79 Å². The topological polar surface area (TPSA) is 90.1 Å². The van der Waals surface area contributed by atoms with E-state index >= 15 is 0 Å². The van der Waals surface area contributed by atoms with E-state index < -0.39 is 11.4 Å². The third-order valence-corrected chi connectivity index (χ3v) is 4.68. The van der Waals surface area contributed by atoms with Crippen molar-refractivity contribution in [2.24, 2.45) is 0 Å². The maximum Gasteiger partial charge on any atom is 0.277 e. The largest absolute Gasteiger partial charge is 0.481 e. The van der Waals surface area contributed by atoms with Gasteiger partial charge in [-0.05, 0) is 50.2 Å². The van der Waals surface area contributed by atoms with Gasteiger partial charge >= 0.3 is 0 Å². The van der Waals surface area contributed by atoms with Gasteiger partial charge in [-0.15, -0.1) is 10.2 Å². The fourth-order valence-corrected chi connectivity index (χ4v) is 2.88. The summed E-state index contributed by atoms with van der Waals surface area (Å²) < 4.78 is 24.1. The molecule has 0 spiro atoms. The first kappa shape index (κ1) is 20.1. The molecule has 0 bridgehead atoms. The molecule has 2 aromatic heterocycles. The van der Waals surface area contributed by atoms with Crippen molar-refractivity contribution >= 4 is 35.1 Å². The molecule has 3 rings (SSSR count). The molecular weight excluding hydrogens is 407 g/mol. The number of thioether (sulfide) groups is 1. The van der Waals surface area contributed by atoms with E-state index in [1.807, 2.05) is 0 Å². The minimum absolute atomic E-state index is 0.233. The van der Waals surface area contributed by atoms with Crippen LogP contribution >= 0.6 is 23.4 Å². The molecule has 7 nitrogen and oxygen atoms in total. The zero-order valence-corrected chi connectivity index (χ0v) is 16.5. The number of aromatic nitrogens is 3. The Bertz CT molecular complexity index is 937. The Labute approximate surface area is 169 Å². The summed E-state index contributed by atoms with van der Waals surface area (Å²) in [4.78, 5) is 16.3. The van der Waals surface area contributed by atoms with Gasteiger partial charge < -0.3 is 14.5 Å². The second-order valence-corrected chi connectivity index (χ2v) is 7.46. The molecule has 0 radical (unpaired) electrons. The molecule has 2 atom stereocenters. The summed E-state index contributed by atoms with van der Waals surface area (Å²) in [6.07, 6.45) is 0.914. The quantitative estimate of drug-likeness (QED) is 0.560. The molecule has 0 saturated heterocycles. The predicted octanol–water partition coefficient (Wildman–Crippen LogP) is 4.52. The van der Waals surface area contributed by atoms with Crippen molar-refractivity contribution in [1.29, 1.82) is 0 Å². The Morgan fingerprint density at radius 3 is 2.64 bits per heavy atom. The van der Waals surface area contributed by atoms with Crippen LogP contribution in [0.3, 0.4) is 0 Å². The molecule has 28 heavy (non-hydrogen) atoms. The maximum atomic E-state index is 13.0. The molecule has 0 aliphatic heterocycles. The lowest BCUT2D eigenvalue weighted by Gasteiger charge is -2.11. The van der Waals surface area contributed by atoms with Gasteiger partial charge in [-0.2, -0.15) is 0 Å². The number of rotatable bonds is 7. The molecule has 1 aromatic carbocycles. The molecule has 3 aromatic rings. The van der Waals surface area contributed by atoms with E-state index in [-0.39, 0.29) is 22.8 Å². The van der Waals surface area contributed by atoms with E-state index in [1.54, 1.807) is 26.0 Å². The zero-order chi connectivity index (χ0) is 20.1. The number of pyridine rings is 1. The molecule has 1 N–H and O–H groups in total. The molecule has 1 amide bonds. The van der Waals surface area contributed by atoms with Crippen molar-refractivity contribution in [2.45, 2.75) is 30.4 Å². The molecule has 0 aliphatic carbocycles. The third-order valence-electron chi connectivity index (χ3n) is 3.52.